The summed E-state index contributed by atoms with van der Waals surface area (Å²) in [4.78, 5) is 11.9. The third-order valence-corrected chi connectivity index (χ3v) is 4.07. The molecule has 0 aliphatic carbocycles. The Balaban J connectivity index is 1.90. The van der Waals surface area contributed by atoms with Gasteiger partial charge in [-0.1, -0.05) is 11.2 Å². The molecular formula is C19H16N4O3. The highest BCUT2D eigenvalue weighted by Gasteiger charge is 2.14. The number of ether oxygens (including phenoxy) is 2. The van der Waals surface area contributed by atoms with Crippen molar-refractivity contribution in [1.82, 2.24) is 15.0 Å². The van der Waals surface area contributed by atoms with Crippen molar-refractivity contribution in [3.8, 4) is 11.6 Å². The summed E-state index contributed by atoms with van der Waals surface area (Å²) in [5.41, 5.74) is 3.21. The van der Waals surface area contributed by atoms with Crippen molar-refractivity contribution in [1.29, 1.82) is 0 Å². The van der Waals surface area contributed by atoms with E-state index in [9.17, 15) is 0 Å². The molecule has 0 saturated heterocycles. The predicted octanol–water partition coefficient (Wildman–Crippen LogP) is 3.86. The Hall–Kier alpha value is -3.45. The molecule has 4 rings (SSSR count). The van der Waals surface area contributed by atoms with Gasteiger partial charge in [-0.05, 0) is 24.3 Å². The number of benzene rings is 1. The SMILES string of the molecule is COCc1c(/C=N/O)ncc2[nH]c3ccc(Oc4ccccn4)cc3c12. The van der Waals surface area contributed by atoms with E-state index in [4.69, 9.17) is 14.7 Å². The van der Waals surface area contributed by atoms with Crippen LogP contribution in [0.1, 0.15) is 11.3 Å². The van der Waals surface area contributed by atoms with Gasteiger partial charge in [0.15, 0.2) is 0 Å². The summed E-state index contributed by atoms with van der Waals surface area (Å²) in [7, 11) is 1.61. The lowest BCUT2D eigenvalue weighted by atomic mass is 10.1. The van der Waals surface area contributed by atoms with E-state index in [0.29, 0.717) is 23.9 Å². The van der Waals surface area contributed by atoms with Gasteiger partial charge in [0.1, 0.15) is 5.75 Å². The Labute approximate surface area is 148 Å². The van der Waals surface area contributed by atoms with Crippen molar-refractivity contribution in [3.05, 3.63) is 60.0 Å². The Morgan fingerprint density at radius 2 is 2.12 bits per heavy atom. The monoisotopic (exact) mass is 348 g/mol. The topological polar surface area (TPSA) is 92.6 Å². The van der Waals surface area contributed by atoms with Crippen molar-refractivity contribution in [2.45, 2.75) is 6.61 Å². The maximum absolute atomic E-state index is 8.91. The number of rotatable bonds is 5. The fourth-order valence-corrected chi connectivity index (χ4v) is 3.00. The van der Waals surface area contributed by atoms with E-state index in [1.54, 1.807) is 25.6 Å². The van der Waals surface area contributed by atoms with Gasteiger partial charge >= 0.3 is 0 Å². The number of oxime groups is 1. The first-order chi connectivity index (χ1) is 12.8. The van der Waals surface area contributed by atoms with Crippen LogP contribution in [0.3, 0.4) is 0 Å². The molecule has 0 fully saturated rings. The molecule has 0 spiro atoms. The molecule has 4 aromatic rings. The molecule has 7 heteroatoms. The average molecular weight is 348 g/mol. The minimum Gasteiger partial charge on any atom is -0.439 e. The standard InChI is InChI=1S/C19H16N4O3/c1-25-11-14-16(10-22-24)21-9-17-19(14)13-8-12(5-6-15(13)23-17)26-18-4-2-3-7-20-18/h2-10,23-24H,11H2,1H3/b22-10+. The molecule has 130 valence electrons. The van der Waals surface area contributed by atoms with Crippen molar-refractivity contribution in [2.75, 3.05) is 7.11 Å². The number of nitrogens with zero attached hydrogens (tertiary/aromatic N) is 3. The highest BCUT2D eigenvalue weighted by atomic mass is 16.5. The van der Waals surface area contributed by atoms with Gasteiger partial charge in [0.25, 0.3) is 0 Å². The van der Waals surface area contributed by atoms with E-state index in [2.05, 4.69) is 20.1 Å². The van der Waals surface area contributed by atoms with Crippen LogP contribution in [0, 0.1) is 0 Å². The summed E-state index contributed by atoms with van der Waals surface area (Å²) in [6, 6.07) is 11.3. The molecular weight excluding hydrogens is 332 g/mol. The Kier molecular flexibility index (Phi) is 4.20. The quantitative estimate of drug-likeness (QED) is 0.324. The van der Waals surface area contributed by atoms with Crippen LogP contribution < -0.4 is 4.74 Å². The summed E-state index contributed by atoms with van der Waals surface area (Å²) in [5.74, 6) is 1.20. The fourth-order valence-electron chi connectivity index (χ4n) is 3.00. The van der Waals surface area contributed by atoms with E-state index >= 15 is 0 Å². The fraction of sp³-hybridized carbons (Fsp3) is 0.105. The Bertz CT molecular complexity index is 1090. The zero-order valence-corrected chi connectivity index (χ0v) is 14.0. The van der Waals surface area contributed by atoms with Crippen LogP contribution >= 0.6 is 0 Å². The van der Waals surface area contributed by atoms with E-state index in [1.807, 2.05) is 30.3 Å². The molecule has 2 N–H and O–H groups in total. The van der Waals surface area contributed by atoms with Gasteiger partial charge in [0, 0.05) is 41.2 Å². The number of aromatic amines is 1. The minimum atomic E-state index is 0.337. The third-order valence-electron chi connectivity index (χ3n) is 4.07. The lowest BCUT2D eigenvalue weighted by Crippen LogP contribution is -1.99. The summed E-state index contributed by atoms with van der Waals surface area (Å²) < 4.78 is 11.2. The molecule has 0 bridgehead atoms. The van der Waals surface area contributed by atoms with E-state index < -0.39 is 0 Å². The van der Waals surface area contributed by atoms with Gasteiger partial charge in [-0.25, -0.2) is 4.98 Å². The van der Waals surface area contributed by atoms with Gasteiger partial charge in [0.2, 0.25) is 5.88 Å². The molecule has 26 heavy (non-hydrogen) atoms. The Morgan fingerprint density at radius 3 is 2.88 bits per heavy atom. The summed E-state index contributed by atoms with van der Waals surface area (Å²) in [6.07, 6.45) is 4.70. The van der Waals surface area contributed by atoms with Gasteiger partial charge in [-0.15, -0.1) is 0 Å². The maximum Gasteiger partial charge on any atom is 0.219 e. The molecule has 0 amide bonds. The molecule has 0 saturated carbocycles. The summed E-state index contributed by atoms with van der Waals surface area (Å²) in [6.45, 7) is 0.337. The number of methoxy groups -OCH3 is 1. The number of nitrogens with one attached hydrogen (secondary N) is 1. The molecule has 0 aliphatic rings. The van der Waals surface area contributed by atoms with Crippen LogP contribution in [0.15, 0.2) is 53.9 Å². The predicted molar refractivity (Wildman–Crippen MR) is 98.0 cm³/mol. The highest BCUT2D eigenvalue weighted by molar-refractivity contribution is 6.10. The van der Waals surface area contributed by atoms with E-state index in [1.165, 1.54) is 6.21 Å². The molecule has 3 aromatic heterocycles. The molecule has 0 atom stereocenters. The van der Waals surface area contributed by atoms with Crippen molar-refractivity contribution in [3.63, 3.8) is 0 Å². The van der Waals surface area contributed by atoms with Crippen LogP contribution in [0.2, 0.25) is 0 Å². The van der Waals surface area contributed by atoms with Crippen LogP contribution in [-0.2, 0) is 11.3 Å². The smallest absolute Gasteiger partial charge is 0.219 e. The first kappa shape index (κ1) is 16.0. The number of aromatic nitrogens is 3. The number of H-pyrrole nitrogens is 1. The number of fused-ring (bicyclic) bond motifs is 3. The lowest BCUT2D eigenvalue weighted by molar-refractivity contribution is 0.185. The molecule has 7 nitrogen and oxygen atoms in total. The second-order valence-electron chi connectivity index (χ2n) is 5.69. The second-order valence-corrected chi connectivity index (χ2v) is 5.69. The summed E-state index contributed by atoms with van der Waals surface area (Å²) >= 11 is 0. The number of hydrogen-bond acceptors (Lipinski definition) is 6. The van der Waals surface area contributed by atoms with E-state index in [-0.39, 0.29) is 0 Å². The zero-order valence-electron chi connectivity index (χ0n) is 14.0. The van der Waals surface area contributed by atoms with Gasteiger partial charge in [-0.3, -0.25) is 4.98 Å². The third kappa shape index (κ3) is 2.84. The van der Waals surface area contributed by atoms with Gasteiger partial charge in [-0.2, -0.15) is 0 Å². The van der Waals surface area contributed by atoms with Crippen molar-refractivity contribution < 1.29 is 14.7 Å². The summed E-state index contributed by atoms with van der Waals surface area (Å²) in [5, 5.41) is 13.9. The first-order valence-corrected chi connectivity index (χ1v) is 7.98. The van der Waals surface area contributed by atoms with Crippen molar-refractivity contribution in [2.24, 2.45) is 5.16 Å². The molecule has 0 unspecified atom stereocenters. The maximum atomic E-state index is 8.91. The van der Waals surface area contributed by atoms with Gasteiger partial charge < -0.3 is 19.7 Å². The number of hydrogen-bond donors (Lipinski definition) is 2. The molecule has 3 heterocycles. The highest BCUT2D eigenvalue weighted by Crippen LogP contribution is 2.33. The first-order valence-electron chi connectivity index (χ1n) is 7.98. The Morgan fingerprint density at radius 1 is 1.19 bits per heavy atom. The lowest BCUT2D eigenvalue weighted by Gasteiger charge is -2.07. The largest absolute Gasteiger partial charge is 0.439 e. The molecule has 0 aliphatic heterocycles. The molecule has 0 radical (unpaired) electrons. The van der Waals surface area contributed by atoms with Crippen LogP contribution in [-0.4, -0.2) is 33.5 Å². The van der Waals surface area contributed by atoms with Crippen LogP contribution in [0.25, 0.3) is 21.8 Å². The zero-order chi connectivity index (χ0) is 17.9. The average Bonchev–Trinajstić information content (AvgIpc) is 3.03. The number of pyridine rings is 2. The second kappa shape index (κ2) is 6.81. The van der Waals surface area contributed by atoms with E-state index in [0.717, 1.165) is 27.4 Å². The van der Waals surface area contributed by atoms with Crippen molar-refractivity contribution >= 4 is 28.0 Å². The van der Waals surface area contributed by atoms with Crippen LogP contribution in [0.5, 0.6) is 11.6 Å². The normalized spacial score (nSPS) is 11.6. The van der Waals surface area contributed by atoms with Crippen LogP contribution in [0.4, 0.5) is 0 Å². The molecule has 1 aromatic carbocycles. The van der Waals surface area contributed by atoms with Gasteiger partial charge in [0.05, 0.1) is 30.2 Å². The minimum absolute atomic E-state index is 0.337.